The second-order valence-electron chi connectivity index (χ2n) is 10.3. The van der Waals surface area contributed by atoms with E-state index in [1.807, 2.05) is 30.3 Å². The zero-order valence-electron chi connectivity index (χ0n) is 23.9. The summed E-state index contributed by atoms with van der Waals surface area (Å²) in [6.45, 7) is 1.32. The van der Waals surface area contributed by atoms with E-state index in [9.17, 15) is 36.0 Å². The number of benzene rings is 2. The summed E-state index contributed by atoms with van der Waals surface area (Å²) in [5.74, 6) is -2.61. The number of β-lactam (4-membered cyclic amide) rings is 1. The van der Waals surface area contributed by atoms with Gasteiger partial charge < -0.3 is 18.9 Å². The third-order valence-corrected chi connectivity index (χ3v) is 10.7. The highest BCUT2D eigenvalue weighted by Crippen LogP contribution is 2.47. The predicted octanol–water partition coefficient (Wildman–Crippen LogP) is 2.02. The second-order valence-corrected chi connectivity index (χ2v) is 14.2. The zero-order valence-corrected chi connectivity index (χ0v) is 25.6. The summed E-state index contributed by atoms with van der Waals surface area (Å²) in [5.41, 5.74) is -4.33. The topological polar surface area (TPSA) is 168 Å². The monoisotopic (exact) mass is 684 g/mol. The number of aromatic nitrogens is 1. The molecule has 0 bridgehead atoms. The first-order chi connectivity index (χ1) is 21.5. The van der Waals surface area contributed by atoms with Gasteiger partial charge in [0.25, 0.3) is 0 Å². The lowest BCUT2D eigenvalue weighted by Gasteiger charge is -2.36. The number of fused-ring (bicyclic) bond motifs is 1. The zero-order chi connectivity index (χ0) is 33.9. The van der Waals surface area contributed by atoms with Crippen LogP contribution in [0.3, 0.4) is 0 Å². The van der Waals surface area contributed by atoms with Crippen LogP contribution in [0.25, 0.3) is 0 Å². The van der Waals surface area contributed by atoms with Crippen molar-refractivity contribution in [2.45, 2.75) is 47.7 Å². The Morgan fingerprint density at radius 1 is 1.00 bits per heavy atom. The maximum atomic E-state index is 13.7. The average molecular weight is 685 g/mol. The van der Waals surface area contributed by atoms with Crippen LogP contribution >= 0.6 is 0 Å². The Kier molecular flexibility index (Phi) is 9.89. The van der Waals surface area contributed by atoms with Crippen molar-refractivity contribution in [2.75, 3.05) is 6.61 Å². The minimum absolute atomic E-state index is 0.115. The molecule has 0 N–H and O–H groups in total. The SMILES string of the molecule is C[C@]1(C(=O)OCC[n+]2ccccc2)[C@H](C(=O)OC(c2ccccc2)c2ccccc2)N2C(=O)CC2S1(=O)=O.O=S(=O)([O-])C(F)(F)F. The van der Waals surface area contributed by atoms with Gasteiger partial charge in [0.05, 0.1) is 6.42 Å². The van der Waals surface area contributed by atoms with E-state index in [1.165, 1.54) is 0 Å². The van der Waals surface area contributed by atoms with E-state index in [4.69, 9.17) is 22.4 Å². The van der Waals surface area contributed by atoms with E-state index >= 15 is 0 Å². The van der Waals surface area contributed by atoms with E-state index < -0.39 is 65.6 Å². The van der Waals surface area contributed by atoms with Crippen LogP contribution in [0.4, 0.5) is 13.2 Å². The van der Waals surface area contributed by atoms with Gasteiger partial charge in [-0.2, -0.15) is 13.2 Å². The first-order valence-electron chi connectivity index (χ1n) is 13.5. The number of carbonyl (C=O) groups excluding carboxylic acids is 3. The van der Waals surface area contributed by atoms with Crippen molar-refractivity contribution < 1.29 is 63.0 Å². The van der Waals surface area contributed by atoms with Gasteiger partial charge in [-0.25, -0.2) is 26.2 Å². The Bertz CT molecular complexity index is 1750. The Morgan fingerprint density at radius 3 is 1.93 bits per heavy atom. The lowest BCUT2D eigenvalue weighted by Crippen LogP contribution is -2.59. The van der Waals surface area contributed by atoms with Crippen molar-refractivity contribution in [3.63, 3.8) is 0 Å². The summed E-state index contributed by atoms with van der Waals surface area (Å²) in [7, 11) is -10.4. The minimum atomic E-state index is -6.09. The van der Waals surface area contributed by atoms with Gasteiger partial charge in [-0.05, 0) is 18.1 Å². The number of alkyl halides is 3. The number of hydrogen-bond acceptors (Lipinski definition) is 10. The standard InChI is InChI=1S/C28H27N2O7S.CHF3O3S/c1-28(27(33)36-18-17-29-15-9-4-10-16-29)25(30-22(31)19-23(30)38(28,34)35)26(32)37-24(20-11-5-2-6-12-20)21-13-7-3-8-14-21;2-1(3,4)8(5,6)7/h2-16,23-25H,17-19H2,1H3;(H,5,6,7)/q+1;/p-1/t23?,25-,28+;/m0./s1. The molecule has 2 saturated heterocycles. The largest absolute Gasteiger partial charge is 0.741 e. The molecule has 246 valence electrons. The Morgan fingerprint density at radius 2 is 1.48 bits per heavy atom. The molecule has 1 unspecified atom stereocenters. The number of rotatable bonds is 8. The van der Waals surface area contributed by atoms with E-state index in [0.717, 1.165) is 11.8 Å². The van der Waals surface area contributed by atoms with E-state index in [0.29, 0.717) is 11.1 Å². The first-order valence-corrected chi connectivity index (χ1v) is 16.4. The van der Waals surface area contributed by atoms with Gasteiger partial charge in [-0.3, -0.25) is 9.59 Å². The summed E-state index contributed by atoms with van der Waals surface area (Å²) in [5, 5.41) is -1.28. The summed E-state index contributed by atoms with van der Waals surface area (Å²) in [6, 6.07) is 21.7. The van der Waals surface area contributed by atoms with Crippen LogP contribution in [-0.2, 0) is 50.4 Å². The molecule has 0 spiro atoms. The Balaban J connectivity index is 0.000000533. The van der Waals surface area contributed by atoms with Crippen molar-refractivity contribution in [1.29, 1.82) is 0 Å². The molecule has 2 aromatic carbocycles. The second kappa shape index (κ2) is 13.2. The molecule has 0 radical (unpaired) electrons. The molecular weight excluding hydrogens is 657 g/mol. The summed E-state index contributed by atoms with van der Waals surface area (Å²) >= 11 is 0. The molecule has 2 fully saturated rings. The molecule has 3 atom stereocenters. The highest BCUT2D eigenvalue weighted by Gasteiger charge is 2.74. The summed E-state index contributed by atoms with van der Waals surface area (Å²) in [6.07, 6.45) is 2.38. The van der Waals surface area contributed by atoms with Crippen molar-refractivity contribution in [1.82, 2.24) is 4.90 Å². The number of sulfone groups is 1. The van der Waals surface area contributed by atoms with Gasteiger partial charge in [-0.1, -0.05) is 66.7 Å². The number of halogens is 3. The van der Waals surface area contributed by atoms with Gasteiger partial charge in [0.15, 0.2) is 62.4 Å². The molecule has 0 aliphatic carbocycles. The minimum Gasteiger partial charge on any atom is -0.741 e. The number of nitrogens with zero attached hydrogens (tertiary/aromatic N) is 2. The molecular formula is C29H27F3N2O10S2. The maximum Gasteiger partial charge on any atom is 0.485 e. The van der Waals surface area contributed by atoms with E-state index in [2.05, 4.69) is 0 Å². The number of hydrogen-bond donors (Lipinski definition) is 0. The van der Waals surface area contributed by atoms with Crippen LogP contribution in [-0.4, -0.2) is 72.4 Å². The normalized spacial score (nSPS) is 21.8. The number of amides is 1. The summed E-state index contributed by atoms with van der Waals surface area (Å²) in [4.78, 5) is 40.6. The lowest BCUT2D eigenvalue weighted by atomic mass is 9.95. The van der Waals surface area contributed by atoms with Crippen molar-refractivity contribution >= 4 is 37.8 Å². The molecule has 3 heterocycles. The molecule has 5 rings (SSSR count). The summed E-state index contributed by atoms with van der Waals surface area (Å²) < 4.78 is 96.7. The fourth-order valence-electron chi connectivity index (χ4n) is 4.98. The van der Waals surface area contributed by atoms with Crippen LogP contribution in [0.2, 0.25) is 0 Å². The Labute approximate surface area is 262 Å². The van der Waals surface area contributed by atoms with Gasteiger partial charge in [-0.15, -0.1) is 0 Å². The van der Waals surface area contributed by atoms with Crippen LogP contribution < -0.4 is 4.57 Å². The Hall–Kier alpha value is -4.35. The molecule has 46 heavy (non-hydrogen) atoms. The maximum absolute atomic E-state index is 13.7. The van der Waals surface area contributed by atoms with Gasteiger partial charge in [0.1, 0.15) is 5.37 Å². The van der Waals surface area contributed by atoms with Crippen molar-refractivity contribution in [3.05, 3.63) is 102 Å². The number of carbonyl (C=O) groups is 3. The molecule has 1 aromatic heterocycles. The molecule has 2 aliphatic rings. The van der Waals surface area contributed by atoms with Gasteiger partial charge in [0.2, 0.25) is 5.91 Å². The lowest BCUT2D eigenvalue weighted by molar-refractivity contribution is -0.697. The predicted molar refractivity (Wildman–Crippen MR) is 151 cm³/mol. The smallest absolute Gasteiger partial charge is 0.485 e. The number of ether oxygens (including phenoxy) is 2. The van der Waals surface area contributed by atoms with E-state index in [1.54, 1.807) is 65.5 Å². The fraction of sp³-hybridized carbons (Fsp3) is 0.310. The quantitative estimate of drug-likeness (QED) is 0.113. The highest BCUT2D eigenvalue weighted by atomic mass is 32.2. The van der Waals surface area contributed by atoms with Crippen LogP contribution in [0.1, 0.15) is 30.6 Å². The number of esters is 2. The van der Waals surface area contributed by atoms with Gasteiger partial charge in [0, 0.05) is 12.1 Å². The third kappa shape index (κ3) is 6.75. The first kappa shape index (κ1) is 34.5. The molecule has 12 nitrogen and oxygen atoms in total. The van der Waals surface area contributed by atoms with Crippen LogP contribution in [0, 0.1) is 0 Å². The van der Waals surface area contributed by atoms with Crippen LogP contribution in [0.15, 0.2) is 91.3 Å². The number of pyridine rings is 1. The molecule has 17 heteroatoms. The van der Waals surface area contributed by atoms with E-state index in [-0.39, 0.29) is 19.6 Å². The highest BCUT2D eigenvalue weighted by molar-refractivity contribution is 7.94. The van der Waals surface area contributed by atoms with Crippen LogP contribution in [0.5, 0.6) is 0 Å². The molecule has 3 aromatic rings. The van der Waals surface area contributed by atoms with Crippen molar-refractivity contribution in [2.24, 2.45) is 0 Å². The molecule has 2 aliphatic heterocycles. The third-order valence-electron chi connectivity index (χ3n) is 7.41. The molecule has 0 saturated carbocycles. The molecule has 1 amide bonds. The van der Waals surface area contributed by atoms with Crippen molar-refractivity contribution in [3.8, 4) is 0 Å². The average Bonchev–Trinajstić information content (AvgIpc) is 3.15. The van der Waals surface area contributed by atoms with Gasteiger partial charge >= 0.3 is 17.4 Å². The fourth-order valence-corrected chi connectivity index (χ4v) is 7.25.